The van der Waals surface area contributed by atoms with Gasteiger partial charge in [-0.05, 0) is 52.8 Å². The second-order valence-corrected chi connectivity index (χ2v) is 12.8. The van der Waals surface area contributed by atoms with Crippen LogP contribution < -0.4 is 10.1 Å². The molecule has 3 aromatic rings. The Morgan fingerprint density at radius 2 is 1.69 bits per heavy atom. The molecule has 0 spiro atoms. The SMILES string of the molecule is Cc1cnc(-c2cc(OC3CCN(C(=O)OC(C)(C)C)C(C(F)(F)F)C3)cc(C(=O)NC(C)c3cnc(C(F)(F)F)nc3)c2)s1. The fourth-order valence-corrected chi connectivity index (χ4v) is 5.31. The molecular formula is C29H31F6N5O4S. The van der Waals surface area contributed by atoms with E-state index in [1.54, 1.807) is 33.0 Å². The lowest BCUT2D eigenvalue weighted by atomic mass is 9.99. The summed E-state index contributed by atoms with van der Waals surface area (Å²) in [5.41, 5.74) is -0.216. The molecule has 3 heterocycles. The molecule has 2 aromatic heterocycles. The van der Waals surface area contributed by atoms with Gasteiger partial charge in [-0.1, -0.05) is 0 Å². The van der Waals surface area contributed by atoms with Crippen LogP contribution in [0.2, 0.25) is 0 Å². The summed E-state index contributed by atoms with van der Waals surface area (Å²) < 4.78 is 91.9. The van der Waals surface area contributed by atoms with E-state index in [1.165, 1.54) is 30.4 Å². The molecule has 1 fully saturated rings. The molecule has 1 aliphatic rings. The number of amides is 2. The van der Waals surface area contributed by atoms with Gasteiger partial charge in [-0.25, -0.2) is 19.7 Å². The number of rotatable bonds is 6. The van der Waals surface area contributed by atoms with E-state index in [-0.39, 0.29) is 29.8 Å². The van der Waals surface area contributed by atoms with Gasteiger partial charge < -0.3 is 14.8 Å². The number of thiazole rings is 1. The van der Waals surface area contributed by atoms with Crippen molar-refractivity contribution in [2.45, 2.75) is 83.6 Å². The summed E-state index contributed by atoms with van der Waals surface area (Å²) in [6.45, 7) is 7.78. The van der Waals surface area contributed by atoms with Gasteiger partial charge in [-0.3, -0.25) is 9.69 Å². The second kappa shape index (κ2) is 12.8. The largest absolute Gasteiger partial charge is 0.490 e. The normalized spacial score (nSPS) is 18.3. The van der Waals surface area contributed by atoms with E-state index in [0.29, 0.717) is 15.5 Å². The number of hydrogen-bond acceptors (Lipinski definition) is 8. The molecule has 0 saturated carbocycles. The van der Waals surface area contributed by atoms with E-state index in [4.69, 9.17) is 9.47 Å². The zero-order valence-corrected chi connectivity index (χ0v) is 25.7. The molecule has 3 atom stereocenters. The van der Waals surface area contributed by atoms with Crippen molar-refractivity contribution in [2.24, 2.45) is 0 Å². The zero-order chi connectivity index (χ0) is 33.3. The Morgan fingerprint density at radius 3 is 2.24 bits per heavy atom. The zero-order valence-electron chi connectivity index (χ0n) is 24.9. The molecule has 1 saturated heterocycles. The molecular weight excluding hydrogens is 628 g/mol. The summed E-state index contributed by atoms with van der Waals surface area (Å²) in [7, 11) is 0. The fourth-order valence-electron chi connectivity index (χ4n) is 4.56. The molecule has 0 aliphatic carbocycles. The van der Waals surface area contributed by atoms with Crippen LogP contribution in [0, 0.1) is 6.92 Å². The molecule has 1 N–H and O–H groups in total. The fraction of sp³-hybridized carbons (Fsp3) is 0.483. The van der Waals surface area contributed by atoms with Crippen LogP contribution in [0.5, 0.6) is 5.75 Å². The van der Waals surface area contributed by atoms with Crippen LogP contribution in [0.15, 0.2) is 36.8 Å². The van der Waals surface area contributed by atoms with Crippen molar-refractivity contribution in [1.82, 2.24) is 25.2 Å². The number of aryl methyl sites for hydroxylation is 1. The monoisotopic (exact) mass is 659 g/mol. The Labute approximate surface area is 259 Å². The Bertz CT molecular complexity index is 1520. The molecule has 2 amide bonds. The number of likely N-dealkylation sites (tertiary alicyclic amines) is 1. The number of nitrogens with zero attached hydrogens (tertiary/aromatic N) is 4. The molecule has 16 heteroatoms. The predicted molar refractivity (Wildman–Crippen MR) is 152 cm³/mol. The van der Waals surface area contributed by atoms with Crippen molar-refractivity contribution in [3.63, 3.8) is 0 Å². The van der Waals surface area contributed by atoms with Gasteiger partial charge >= 0.3 is 18.4 Å². The van der Waals surface area contributed by atoms with Crippen LogP contribution in [-0.4, -0.2) is 62.3 Å². The van der Waals surface area contributed by atoms with E-state index in [2.05, 4.69) is 20.3 Å². The first kappa shape index (κ1) is 33.9. The smallest absolute Gasteiger partial charge is 0.451 e. The number of alkyl halides is 6. The van der Waals surface area contributed by atoms with Gasteiger partial charge in [0.05, 0.1) is 6.04 Å². The Hall–Kier alpha value is -3.95. The summed E-state index contributed by atoms with van der Waals surface area (Å²) >= 11 is 1.33. The summed E-state index contributed by atoms with van der Waals surface area (Å²) in [6, 6.07) is 1.51. The first-order valence-corrected chi connectivity index (χ1v) is 14.6. The summed E-state index contributed by atoms with van der Waals surface area (Å²) in [6.07, 6.45) is -8.44. The Kier molecular flexibility index (Phi) is 9.66. The van der Waals surface area contributed by atoms with Crippen molar-refractivity contribution in [3.8, 4) is 16.3 Å². The lowest BCUT2D eigenvalue weighted by Crippen LogP contribution is -2.56. The average molecular weight is 660 g/mol. The van der Waals surface area contributed by atoms with Gasteiger partial charge in [0.15, 0.2) is 0 Å². The second-order valence-electron chi connectivity index (χ2n) is 11.6. The van der Waals surface area contributed by atoms with Gasteiger partial charge in [0.2, 0.25) is 5.82 Å². The third kappa shape index (κ3) is 8.83. The number of aromatic nitrogens is 3. The van der Waals surface area contributed by atoms with Crippen molar-refractivity contribution >= 4 is 23.3 Å². The maximum Gasteiger partial charge on any atom is 0.451 e. The number of piperidine rings is 1. The van der Waals surface area contributed by atoms with E-state index >= 15 is 0 Å². The number of halogens is 6. The molecule has 0 radical (unpaired) electrons. The lowest BCUT2D eigenvalue weighted by molar-refractivity contribution is -0.194. The molecule has 0 bridgehead atoms. The third-order valence-corrected chi connectivity index (χ3v) is 7.63. The van der Waals surface area contributed by atoms with Gasteiger partial charge in [0, 0.05) is 59.5 Å². The summed E-state index contributed by atoms with van der Waals surface area (Å²) in [4.78, 5) is 38.4. The number of nitrogens with one attached hydrogen (secondary N) is 1. The average Bonchev–Trinajstić information content (AvgIpc) is 3.37. The molecule has 45 heavy (non-hydrogen) atoms. The highest BCUT2D eigenvalue weighted by atomic mass is 32.1. The van der Waals surface area contributed by atoms with Gasteiger partial charge in [-0.2, -0.15) is 26.3 Å². The van der Waals surface area contributed by atoms with Gasteiger partial charge in [0.25, 0.3) is 5.91 Å². The minimum atomic E-state index is -4.75. The number of benzene rings is 1. The summed E-state index contributed by atoms with van der Waals surface area (Å²) in [5.74, 6) is -1.84. The number of carbonyl (C=O) groups excluding carboxylic acids is 2. The molecule has 1 aromatic carbocycles. The minimum absolute atomic E-state index is 0.0683. The molecule has 1 aliphatic heterocycles. The van der Waals surface area contributed by atoms with Gasteiger partial charge in [0.1, 0.15) is 28.5 Å². The standard InChI is InChI=1S/C29H31F6N5O4S/c1-15-12-36-24(45-15)18-8-17(23(41)39-16(2)19-13-37-25(38-14-19)29(33,34)35)9-21(10-18)43-20-6-7-40(22(11-20)28(30,31)32)26(42)44-27(3,4)5/h8-10,12-14,16,20,22H,6-7,11H2,1-5H3,(H,39,41). The maximum absolute atomic E-state index is 14.1. The van der Waals surface area contributed by atoms with Crippen LogP contribution >= 0.6 is 11.3 Å². The van der Waals surface area contributed by atoms with E-state index in [1.807, 2.05) is 6.92 Å². The highest BCUT2D eigenvalue weighted by Crippen LogP contribution is 2.36. The van der Waals surface area contributed by atoms with Crippen LogP contribution in [0.1, 0.15) is 73.2 Å². The molecule has 9 nitrogen and oxygen atoms in total. The van der Waals surface area contributed by atoms with Gasteiger partial charge in [-0.15, -0.1) is 11.3 Å². The topological polar surface area (TPSA) is 107 Å². The van der Waals surface area contributed by atoms with Crippen molar-refractivity contribution in [1.29, 1.82) is 0 Å². The maximum atomic E-state index is 14.1. The number of hydrogen-bond donors (Lipinski definition) is 1. The van der Waals surface area contributed by atoms with E-state index < -0.39 is 60.4 Å². The third-order valence-electron chi connectivity index (χ3n) is 6.67. The van der Waals surface area contributed by atoms with E-state index in [9.17, 15) is 35.9 Å². The lowest BCUT2D eigenvalue weighted by Gasteiger charge is -2.40. The molecule has 244 valence electrons. The first-order chi connectivity index (χ1) is 20.8. The van der Waals surface area contributed by atoms with Crippen LogP contribution in [-0.2, 0) is 10.9 Å². The first-order valence-electron chi connectivity index (χ1n) is 13.8. The Balaban J connectivity index is 1.57. The van der Waals surface area contributed by atoms with Crippen molar-refractivity contribution in [3.05, 3.63) is 58.6 Å². The Morgan fingerprint density at radius 1 is 1.02 bits per heavy atom. The van der Waals surface area contributed by atoms with Crippen LogP contribution in [0.25, 0.3) is 10.6 Å². The van der Waals surface area contributed by atoms with Crippen LogP contribution in [0.3, 0.4) is 0 Å². The van der Waals surface area contributed by atoms with E-state index in [0.717, 1.165) is 17.3 Å². The number of carbonyl (C=O) groups is 2. The number of ether oxygens (including phenoxy) is 2. The van der Waals surface area contributed by atoms with Crippen molar-refractivity contribution < 1.29 is 45.4 Å². The van der Waals surface area contributed by atoms with Crippen LogP contribution in [0.4, 0.5) is 31.1 Å². The quantitative estimate of drug-likeness (QED) is 0.281. The minimum Gasteiger partial charge on any atom is -0.490 e. The molecule has 4 rings (SSSR count). The van der Waals surface area contributed by atoms with Crippen molar-refractivity contribution in [2.75, 3.05) is 6.54 Å². The molecule has 3 unspecified atom stereocenters. The highest BCUT2D eigenvalue weighted by Gasteiger charge is 2.50. The highest BCUT2D eigenvalue weighted by molar-refractivity contribution is 7.14. The summed E-state index contributed by atoms with van der Waals surface area (Å²) in [5, 5.41) is 3.20. The predicted octanol–water partition coefficient (Wildman–Crippen LogP) is 7.13.